The molecule has 2 aromatic rings. The van der Waals surface area contributed by atoms with Crippen molar-refractivity contribution in [2.75, 3.05) is 5.32 Å². The average Bonchev–Trinajstić information content (AvgIpc) is 2.34. The molecule has 18 heavy (non-hydrogen) atoms. The first-order valence-electron chi connectivity index (χ1n) is 5.33. The van der Waals surface area contributed by atoms with Crippen LogP contribution in [-0.4, -0.2) is 0 Å². The zero-order valence-corrected chi connectivity index (χ0v) is 11.2. The minimum Gasteiger partial charge on any atom is -0.353 e. The number of anilines is 2. The molecule has 0 saturated carbocycles. The average molecular weight is 277 g/mol. The van der Waals surface area contributed by atoms with Crippen LogP contribution < -0.4 is 5.32 Å². The lowest BCUT2D eigenvalue weighted by Gasteiger charge is -2.11. The number of aryl methyl sites for hydroxylation is 1. The van der Waals surface area contributed by atoms with Gasteiger partial charge < -0.3 is 5.32 Å². The zero-order chi connectivity index (χ0) is 13.1. The van der Waals surface area contributed by atoms with E-state index in [9.17, 15) is 0 Å². The summed E-state index contributed by atoms with van der Waals surface area (Å²) in [4.78, 5) is 0. The van der Waals surface area contributed by atoms with Crippen molar-refractivity contribution in [3.05, 3.63) is 57.6 Å². The Balaban J connectivity index is 2.43. The van der Waals surface area contributed by atoms with Gasteiger partial charge in [0.25, 0.3) is 0 Å². The summed E-state index contributed by atoms with van der Waals surface area (Å²) in [6, 6.07) is 12.8. The second-order valence-corrected chi connectivity index (χ2v) is 4.75. The summed E-state index contributed by atoms with van der Waals surface area (Å²) in [5.41, 5.74) is 3.02. The van der Waals surface area contributed by atoms with Gasteiger partial charge >= 0.3 is 0 Å². The molecule has 0 amide bonds. The zero-order valence-electron chi connectivity index (χ0n) is 9.67. The largest absolute Gasteiger partial charge is 0.353 e. The van der Waals surface area contributed by atoms with Crippen molar-refractivity contribution in [3.8, 4) is 6.07 Å². The molecule has 0 bridgehead atoms. The normalized spacial score (nSPS) is 9.89. The van der Waals surface area contributed by atoms with Crippen LogP contribution >= 0.6 is 23.2 Å². The maximum absolute atomic E-state index is 9.05. The quantitative estimate of drug-likeness (QED) is 0.845. The summed E-state index contributed by atoms with van der Waals surface area (Å²) in [6.45, 7) is 1.98. The van der Waals surface area contributed by atoms with Crippen LogP contribution in [0.15, 0.2) is 36.4 Å². The fraction of sp³-hybridized carbons (Fsp3) is 0.0714. The number of hydrogen-bond acceptors (Lipinski definition) is 2. The summed E-state index contributed by atoms with van der Waals surface area (Å²) < 4.78 is 0. The molecular weight excluding hydrogens is 267 g/mol. The van der Waals surface area contributed by atoms with E-state index >= 15 is 0 Å². The third kappa shape index (κ3) is 2.76. The van der Waals surface area contributed by atoms with Gasteiger partial charge in [-0.05, 0) is 42.8 Å². The maximum Gasteiger partial charge on any atom is 0.101 e. The second kappa shape index (κ2) is 5.30. The Morgan fingerprint density at radius 1 is 1.06 bits per heavy atom. The molecule has 0 radical (unpaired) electrons. The molecule has 0 unspecified atom stereocenters. The number of rotatable bonds is 2. The second-order valence-electron chi connectivity index (χ2n) is 3.91. The number of nitrogens with one attached hydrogen (secondary N) is 1. The first kappa shape index (κ1) is 12.8. The van der Waals surface area contributed by atoms with Gasteiger partial charge in [0.2, 0.25) is 0 Å². The van der Waals surface area contributed by atoms with Crippen molar-refractivity contribution < 1.29 is 0 Å². The van der Waals surface area contributed by atoms with Gasteiger partial charge in [-0.3, -0.25) is 0 Å². The van der Waals surface area contributed by atoms with E-state index in [1.54, 1.807) is 18.2 Å². The van der Waals surface area contributed by atoms with E-state index in [2.05, 4.69) is 11.4 Å². The monoisotopic (exact) mass is 276 g/mol. The van der Waals surface area contributed by atoms with E-state index in [-0.39, 0.29) is 0 Å². The van der Waals surface area contributed by atoms with E-state index in [0.717, 1.165) is 11.3 Å². The number of nitriles is 1. The highest BCUT2D eigenvalue weighted by atomic mass is 35.5. The van der Waals surface area contributed by atoms with Crippen molar-refractivity contribution in [2.45, 2.75) is 6.92 Å². The molecule has 2 aromatic carbocycles. The minimum absolute atomic E-state index is 0.525. The molecule has 0 atom stereocenters. The summed E-state index contributed by atoms with van der Waals surface area (Å²) in [6.07, 6.45) is 0. The van der Waals surface area contributed by atoms with E-state index in [4.69, 9.17) is 28.5 Å². The van der Waals surface area contributed by atoms with Crippen LogP contribution in [0.25, 0.3) is 0 Å². The van der Waals surface area contributed by atoms with Gasteiger partial charge in [0.15, 0.2) is 0 Å². The predicted octanol–water partition coefficient (Wildman–Crippen LogP) is 4.92. The topological polar surface area (TPSA) is 35.8 Å². The highest BCUT2D eigenvalue weighted by Gasteiger charge is 2.06. The van der Waals surface area contributed by atoms with Crippen LogP contribution in [0.1, 0.15) is 11.1 Å². The van der Waals surface area contributed by atoms with Crippen LogP contribution in [0.5, 0.6) is 0 Å². The van der Waals surface area contributed by atoms with Crippen molar-refractivity contribution in [3.63, 3.8) is 0 Å². The van der Waals surface area contributed by atoms with Crippen LogP contribution in [0.4, 0.5) is 11.4 Å². The summed E-state index contributed by atoms with van der Waals surface area (Å²) >= 11 is 12.0. The molecule has 0 heterocycles. The van der Waals surface area contributed by atoms with Gasteiger partial charge in [0.05, 0.1) is 22.0 Å². The van der Waals surface area contributed by atoms with Crippen LogP contribution in [0, 0.1) is 18.3 Å². The predicted molar refractivity (Wildman–Crippen MR) is 75.6 cm³/mol. The first-order valence-corrected chi connectivity index (χ1v) is 6.08. The summed E-state index contributed by atoms with van der Waals surface area (Å²) in [5, 5.41) is 13.4. The van der Waals surface area contributed by atoms with Crippen molar-refractivity contribution >= 4 is 34.6 Å². The molecular formula is C14H10Cl2N2. The van der Waals surface area contributed by atoms with Gasteiger partial charge in [0.1, 0.15) is 6.07 Å². The Hall–Kier alpha value is -1.69. The van der Waals surface area contributed by atoms with E-state index in [1.165, 1.54) is 0 Å². The molecule has 0 saturated heterocycles. The molecule has 0 fully saturated rings. The molecule has 1 N–H and O–H groups in total. The number of halogens is 2. The van der Waals surface area contributed by atoms with E-state index in [1.807, 2.05) is 25.1 Å². The lowest BCUT2D eigenvalue weighted by atomic mass is 10.1. The molecule has 0 aliphatic carbocycles. The molecule has 2 nitrogen and oxygen atoms in total. The van der Waals surface area contributed by atoms with Crippen LogP contribution in [0.2, 0.25) is 10.0 Å². The van der Waals surface area contributed by atoms with Gasteiger partial charge in [-0.25, -0.2) is 0 Å². The van der Waals surface area contributed by atoms with E-state index < -0.39 is 0 Å². The summed E-state index contributed by atoms with van der Waals surface area (Å²) in [7, 11) is 0. The highest BCUT2D eigenvalue weighted by Crippen LogP contribution is 2.29. The first-order chi connectivity index (χ1) is 8.60. The Labute approximate surface area is 116 Å². The fourth-order valence-corrected chi connectivity index (χ4v) is 1.93. The maximum atomic E-state index is 9.05. The number of hydrogen-bond donors (Lipinski definition) is 1. The fourth-order valence-electron chi connectivity index (χ4n) is 1.60. The Morgan fingerprint density at radius 3 is 2.56 bits per heavy atom. The van der Waals surface area contributed by atoms with Crippen molar-refractivity contribution in [1.29, 1.82) is 5.26 Å². The van der Waals surface area contributed by atoms with Gasteiger partial charge in [-0.1, -0.05) is 29.3 Å². The number of nitrogens with zero attached hydrogens (tertiary/aromatic N) is 1. The molecule has 4 heteroatoms. The lowest BCUT2D eigenvalue weighted by molar-refractivity contribution is 1.43. The molecule has 0 aromatic heterocycles. The molecule has 0 aliphatic heterocycles. The van der Waals surface area contributed by atoms with Crippen molar-refractivity contribution in [1.82, 2.24) is 0 Å². The SMILES string of the molecule is Cc1ccc(Cl)c(Nc2cc(Cl)ccc2C#N)c1. The van der Waals surface area contributed by atoms with Gasteiger partial charge in [-0.2, -0.15) is 5.26 Å². The van der Waals surface area contributed by atoms with Gasteiger partial charge in [0, 0.05) is 5.02 Å². The van der Waals surface area contributed by atoms with Crippen LogP contribution in [-0.2, 0) is 0 Å². The Morgan fingerprint density at radius 2 is 1.83 bits per heavy atom. The molecule has 0 spiro atoms. The Bertz CT molecular complexity index is 630. The smallest absolute Gasteiger partial charge is 0.101 e. The molecule has 2 rings (SSSR count). The van der Waals surface area contributed by atoms with E-state index in [0.29, 0.717) is 21.3 Å². The summed E-state index contributed by atoms with van der Waals surface area (Å²) in [5.74, 6) is 0. The number of benzene rings is 2. The third-order valence-electron chi connectivity index (χ3n) is 2.49. The molecule has 0 aliphatic rings. The van der Waals surface area contributed by atoms with Crippen molar-refractivity contribution in [2.24, 2.45) is 0 Å². The third-order valence-corrected chi connectivity index (χ3v) is 3.06. The molecule has 90 valence electrons. The minimum atomic E-state index is 0.525. The standard InChI is InChI=1S/C14H10Cl2N2/c1-9-2-5-12(16)14(6-9)18-13-7-11(15)4-3-10(13)8-17/h2-7,18H,1H3. The highest BCUT2D eigenvalue weighted by molar-refractivity contribution is 6.33. The van der Waals surface area contributed by atoms with Crippen LogP contribution in [0.3, 0.4) is 0 Å². The Kier molecular flexibility index (Phi) is 3.76. The lowest BCUT2D eigenvalue weighted by Crippen LogP contribution is -1.95. The van der Waals surface area contributed by atoms with Gasteiger partial charge in [-0.15, -0.1) is 0 Å².